The van der Waals surface area contributed by atoms with Gasteiger partial charge in [-0.25, -0.2) is 0 Å². The molecule has 0 spiro atoms. The monoisotopic (exact) mass is 294 g/mol. The Hall–Kier alpha value is -1.35. The average Bonchev–Trinajstić information content (AvgIpc) is 2.38. The van der Waals surface area contributed by atoms with Gasteiger partial charge in [0.1, 0.15) is 0 Å². The quantitative estimate of drug-likeness (QED) is 0.934. The highest BCUT2D eigenvalue weighted by Crippen LogP contribution is 2.38. The molecule has 1 N–H and O–H groups in total. The van der Waals surface area contributed by atoms with Crippen LogP contribution in [0.3, 0.4) is 0 Å². The maximum absolute atomic E-state index is 12.0. The summed E-state index contributed by atoms with van der Waals surface area (Å²) in [4.78, 5) is 12.0. The Kier molecular flexibility index (Phi) is 3.95. The smallest absolute Gasteiger partial charge is 0.176 e. The number of carbonyl (C=O) groups is 1. The van der Waals surface area contributed by atoms with E-state index in [4.69, 9.17) is 23.2 Å². The van der Waals surface area contributed by atoms with E-state index in [2.05, 4.69) is 0 Å². The molecule has 4 heteroatoms. The molecule has 0 atom stereocenters. The van der Waals surface area contributed by atoms with E-state index < -0.39 is 11.4 Å². The van der Waals surface area contributed by atoms with Crippen LogP contribution in [0.2, 0.25) is 10.0 Å². The number of halogens is 2. The summed E-state index contributed by atoms with van der Waals surface area (Å²) in [6, 6.07) is 13.4. The molecule has 0 aliphatic rings. The Morgan fingerprint density at radius 1 is 0.947 bits per heavy atom. The number of hydrogen-bond donors (Lipinski definition) is 1. The van der Waals surface area contributed by atoms with Gasteiger partial charge in [-0.1, -0.05) is 59.6 Å². The molecule has 0 heterocycles. The van der Waals surface area contributed by atoms with Crippen molar-refractivity contribution in [2.45, 2.75) is 12.5 Å². The van der Waals surface area contributed by atoms with Crippen molar-refractivity contribution >= 4 is 29.0 Å². The molecule has 2 aromatic rings. The van der Waals surface area contributed by atoms with Crippen molar-refractivity contribution in [2.24, 2.45) is 0 Å². The summed E-state index contributed by atoms with van der Waals surface area (Å²) in [7, 11) is 0. The first-order valence-electron chi connectivity index (χ1n) is 5.71. The van der Waals surface area contributed by atoms with Gasteiger partial charge in [-0.05, 0) is 19.1 Å². The molecule has 0 aromatic heterocycles. The summed E-state index contributed by atoms with van der Waals surface area (Å²) in [6.07, 6.45) is 0. The number of rotatable bonds is 3. The Morgan fingerprint density at radius 2 is 1.32 bits per heavy atom. The summed E-state index contributed by atoms with van der Waals surface area (Å²) < 4.78 is 0. The first kappa shape index (κ1) is 14.1. The van der Waals surface area contributed by atoms with E-state index in [1.165, 1.54) is 6.92 Å². The van der Waals surface area contributed by atoms with Crippen LogP contribution < -0.4 is 0 Å². The topological polar surface area (TPSA) is 37.3 Å². The van der Waals surface area contributed by atoms with Gasteiger partial charge >= 0.3 is 0 Å². The van der Waals surface area contributed by atoms with Crippen LogP contribution in [0.5, 0.6) is 0 Å². The summed E-state index contributed by atoms with van der Waals surface area (Å²) in [5.41, 5.74) is -1.18. The van der Waals surface area contributed by atoms with Gasteiger partial charge in [0.05, 0.1) is 0 Å². The van der Waals surface area contributed by atoms with Crippen molar-refractivity contribution in [3.05, 3.63) is 69.7 Å². The first-order chi connectivity index (χ1) is 8.98. The third kappa shape index (κ3) is 2.39. The second-order valence-corrected chi connectivity index (χ2v) is 5.04. The van der Waals surface area contributed by atoms with Gasteiger partial charge in [-0.15, -0.1) is 0 Å². The van der Waals surface area contributed by atoms with E-state index in [1.807, 2.05) is 0 Å². The Morgan fingerprint density at radius 3 is 1.63 bits per heavy atom. The van der Waals surface area contributed by atoms with Gasteiger partial charge in [0, 0.05) is 21.2 Å². The average molecular weight is 295 g/mol. The van der Waals surface area contributed by atoms with E-state index in [1.54, 1.807) is 48.5 Å². The highest BCUT2D eigenvalue weighted by molar-refractivity contribution is 6.33. The van der Waals surface area contributed by atoms with Crippen LogP contribution >= 0.6 is 23.2 Å². The molecule has 2 nitrogen and oxygen atoms in total. The van der Waals surface area contributed by atoms with Gasteiger partial charge in [-0.2, -0.15) is 0 Å². The van der Waals surface area contributed by atoms with Crippen molar-refractivity contribution in [2.75, 3.05) is 0 Å². The minimum absolute atomic E-state index is 0.320. The first-order valence-corrected chi connectivity index (χ1v) is 6.47. The molecule has 98 valence electrons. The standard InChI is InChI=1S/C15H12Cl2O2/c1-10(18)15(19,11-6-2-4-8-13(11)16)12-7-3-5-9-14(12)17/h2-9,19H,1H3. The minimum Gasteiger partial charge on any atom is -0.373 e. The van der Waals surface area contributed by atoms with E-state index in [-0.39, 0.29) is 0 Å². The number of aliphatic hydroxyl groups is 1. The second-order valence-electron chi connectivity index (χ2n) is 4.23. The predicted molar refractivity (Wildman–Crippen MR) is 76.6 cm³/mol. The zero-order valence-electron chi connectivity index (χ0n) is 10.2. The fourth-order valence-electron chi connectivity index (χ4n) is 2.03. The van der Waals surface area contributed by atoms with Gasteiger partial charge in [-0.3, -0.25) is 4.79 Å². The van der Waals surface area contributed by atoms with Crippen LogP contribution in [-0.2, 0) is 10.4 Å². The molecule has 0 aliphatic carbocycles. The highest BCUT2D eigenvalue weighted by atomic mass is 35.5. The number of hydrogen-bond acceptors (Lipinski definition) is 2. The van der Waals surface area contributed by atoms with E-state index >= 15 is 0 Å². The lowest BCUT2D eigenvalue weighted by Crippen LogP contribution is -2.35. The number of benzene rings is 2. The third-order valence-electron chi connectivity index (χ3n) is 3.04. The van der Waals surface area contributed by atoms with Gasteiger partial charge in [0.15, 0.2) is 11.4 Å². The summed E-state index contributed by atoms with van der Waals surface area (Å²) >= 11 is 12.2. The Labute approximate surface area is 121 Å². The summed E-state index contributed by atoms with van der Waals surface area (Å²) in [5.74, 6) is -0.436. The molecule has 0 amide bonds. The number of carbonyl (C=O) groups excluding carboxylic acids is 1. The molecule has 0 radical (unpaired) electrons. The third-order valence-corrected chi connectivity index (χ3v) is 3.70. The minimum atomic E-state index is -1.84. The molecule has 0 unspecified atom stereocenters. The van der Waals surface area contributed by atoms with Crippen molar-refractivity contribution in [3.63, 3.8) is 0 Å². The van der Waals surface area contributed by atoms with Crippen LogP contribution in [0.1, 0.15) is 18.1 Å². The van der Waals surface area contributed by atoms with Crippen LogP contribution in [0.15, 0.2) is 48.5 Å². The lowest BCUT2D eigenvalue weighted by atomic mass is 9.83. The molecule has 0 fully saturated rings. The van der Waals surface area contributed by atoms with Crippen LogP contribution in [0, 0.1) is 0 Å². The van der Waals surface area contributed by atoms with Gasteiger partial charge in [0.25, 0.3) is 0 Å². The van der Waals surface area contributed by atoms with Crippen molar-refractivity contribution in [1.82, 2.24) is 0 Å². The normalized spacial score (nSPS) is 11.4. The molecule has 0 aliphatic heterocycles. The fraction of sp³-hybridized carbons (Fsp3) is 0.133. The van der Waals surface area contributed by atoms with Crippen molar-refractivity contribution in [3.8, 4) is 0 Å². The highest BCUT2D eigenvalue weighted by Gasteiger charge is 2.39. The molecule has 2 rings (SSSR count). The molecule has 0 saturated carbocycles. The molecule has 2 aromatic carbocycles. The lowest BCUT2D eigenvalue weighted by molar-refractivity contribution is -0.131. The molecule has 0 saturated heterocycles. The maximum Gasteiger partial charge on any atom is 0.176 e. The molecule has 0 bridgehead atoms. The largest absolute Gasteiger partial charge is 0.373 e. The van der Waals surface area contributed by atoms with Crippen molar-refractivity contribution in [1.29, 1.82) is 0 Å². The lowest BCUT2D eigenvalue weighted by Gasteiger charge is -2.28. The van der Waals surface area contributed by atoms with Gasteiger partial charge in [0.2, 0.25) is 0 Å². The SMILES string of the molecule is CC(=O)C(O)(c1ccccc1Cl)c1ccccc1Cl. The number of ketones is 1. The fourth-order valence-corrected chi connectivity index (χ4v) is 2.58. The molecular formula is C15H12Cl2O2. The predicted octanol–water partition coefficient (Wildman–Crippen LogP) is 3.82. The van der Waals surface area contributed by atoms with E-state index in [0.717, 1.165) is 0 Å². The van der Waals surface area contributed by atoms with Crippen LogP contribution in [0.4, 0.5) is 0 Å². The molecule has 19 heavy (non-hydrogen) atoms. The van der Waals surface area contributed by atoms with Crippen LogP contribution in [0.25, 0.3) is 0 Å². The Bertz CT molecular complexity index is 578. The van der Waals surface area contributed by atoms with Crippen LogP contribution in [-0.4, -0.2) is 10.9 Å². The summed E-state index contributed by atoms with van der Waals surface area (Å²) in [6.45, 7) is 1.31. The zero-order valence-corrected chi connectivity index (χ0v) is 11.7. The zero-order chi connectivity index (χ0) is 14.0. The second kappa shape index (κ2) is 5.33. The van der Waals surface area contributed by atoms with Crippen molar-refractivity contribution < 1.29 is 9.90 Å². The maximum atomic E-state index is 12.0. The Balaban J connectivity index is 2.73. The number of Topliss-reactive ketones (excluding diaryl/α,β-unsaturated/α-hetero) is 1. The summed E-state index contributed by atoms with van der Waals surface area (Å²) in [5, 5.41) is 11.5. The van der Waals surface area contributed by atoms with Gasteiger partial charge < -0.3 is 5.11 Å². The van der Waals surface area contributed by atoms with E-state index in [0.29, 0.717) is 21.2 Å². The van der Waals surface area contributed by atoms with E-state index in [9.17, 15) is 9.90 Å². The molecular weight excluding hydrogens is 283 g/mol.